The predicted octanol–water partition coefficient (Wildman–Crippen LogP) is 2.90. The van der Waals surface area contributed by atoms with Gasteiger partial charge in [-0.1, -0.05) is 18.6 Å². The molecule has 2 bridgehead atoms. The first-order chi connectivity index (χ1) is 10.5. The van der Waals surface area contributed by atoms with Crippen LogP contribution < -0.4 is 11.1 Å². The van der Waals surface area contributed by atoms with Gasteiger partial charge in [-0.3, -0.25) is 4.79 Å². The average Bonchev–Trinajstić information content (AvgIpc) is 2.48. The fourth-order valence-corrected chi connectivity index (χ4v) is 4.15. The Morgan fingerprint density at radius 2 is 2.00 bits per heavy atom. The van der Waals surface area contributed by atoms with Crippen molar-refractivity contribution in [3.63, 3.8) is 0 Å². The Balaban J connectivity index is 1.57. The van der Waals surface area contributed by atoms with E-state index in [1.54, 1.807) is 19.1 Å². The topological polar surface area (TPSA) is 55.1 Å². The van der Waals surface area contributed by atoms with Gasteiger partial charge >= 0.3 is 0 Å². The number of nitrogens with one attached hydrogen (secondary N) is 1. The van der Waals surface area contributed by atoms with Crippen LogP contribution in [0.25, 0.3) is 0 Å². The molecule has 1 amide bonds. The Kier molecular flexibility index (Phi) is 4.48. The highest BCUT2D eigenvalue weighted by Gasteiger charge is 2.40. The van der Waals surface area contributed by atoms with E-state index in [-0.39, 0.29) is 23.7 Å². The first-order valence-corrected chi connectivity index (χ1v) is 8.33. The Hall–Kier alpha value is -1.42. The molecule has 2 saturated carbocycles. The first-order valence-electron chi connectivity index (χ1n) is 8.33. The highest BCUT2D eigenvalue weighted by Crippen LogP contribution is 2.41. The van der Waals surface area contributed by atoms with Crippen LogP contribution in [0.15, 0.2) is 18.2 Å². The Morgan fingerprint density at radius 3 is 2.64 bits per heavy atom. The van der Waals surface area contributed by atoms with Gasteiger partial charge in [-0.2, -0.15) is 0 Å². The van der Waals surface area contributed by atoms with Crippen molar-refractivity contribution in [1.82, 2.24) is 5.32 Å². The number of fused-ring (bicyclic) bond motifs is 2. The summed E-state index contributed by atoms with van der Waals surface area (Å²) >= 11 is 0. The van der Waals surface area contributed by atoms with Crippen LogP contribution in [0.1, 0.15) is 43.2 Å². The number of amides is 1. The molecule has 2 unspecified atom stereocenters. The second-order valence-corrected chi connectivity index (χ2v) is 7.00. The van der Waals surface area contributed by atoms with Gasteiger partial charge in [0.25, 0.3) is 0 Å². The molecule has 22 heavy (non-hydrogen) atoms. The molecule has 1 aromatic carbocycles. The van der Waals surface area contributed by atoms with Crippen LogP contribution in [0.2, 0.25) is 0 Å². The standard InChI is InChI=1S/C18H25FN2O/c1-11-7-12(5-6-16(11)19)10-21-18(22)15-8-13-3-2-4-14(9-15)17(13)20/h5-7,13-15,17H,2-4,8-10,20H2,1H3,(H,21,22). The minimum absolute atomic E-state index is 0.0941. The first kappa shape index (κ1) is 15.5. The van der Waals surface area contributed by atoms with Crippen LogP contribution >= 0.6 is 0 Å². The summed E-state index contributed by atoms with van der Waals surface area (Å²) in [6.45, 7) is 2.21. The van der Waals surface area contributed by atoms with E-state index in [0.717, 1.165) is 18.4 Å². The van der Waals surface area contributed by atoms with Crippen LogP contribution in [-0.2, 0) is 11.3 Å². The highest BCUT2D eigenvalue weighted by atomic mass is 19.1. The molecule has 120 valence electrons. The lowest BCUT2D eigenvalue weighted by Gasteiger charge is -2.43. The quantitative estimate of drug-likeness (QED) is 0.902. The maximum atomic E-state index is 13.3. The van der Waals surface area contributed by atoms with Gasteiger partial charge in [0.1, 0.15) is 5.82 Å². The van der Waals surface area contributed by atoms with Crippen molar-refractivity contribution < 1.29 is 9.18 Å². The number of aryl methyl sites for hydroxylation is 1. The molecule has 0 spiro atoms. The number of carbonyl (C=O) groups excluding carboxylic acids is 1. The lowest BCUT2D eigenvalue weighted by molar-refractivity contribution is -0.128. The summed E-state index contributed by atoms with van der Waals surface area (Å²) < 4.78 is 13.3. The fourth-order valence-electron chi connectivity index (χ4n) is 4.15. The van der Waals surface area contributed by atoms with Gasteiger partial charge < -0.3 is 11.1 Å². The second kappa shape index (κ2) is 6.37. The Morgan fingerprint density at radius 1 is 1.32 bits per heavy atom. The van der Waals surface area contributed by atoms with E-state index in [2.05, 4.69) is 5.32 Å². The van der Waals surface area contributed by atoms with E-state index in [9.17, 15) is 9.18 Å². The van der Waals surface area contributed by atoms with Crippen LogP contribution in [0.5, 0.6) is 0 Å². The summed E-state index contributed by atoms with van der Waals surface area (Å²) in [6, 6.07) is 5.27. The molecule has 3 rings (SSSR count). The van der Waals surface area contributed by atoms with Crippen LogP contribution in [0.4, 0.5) is 4.39 Å². The van der Waals surface area contributed by atoms with E-state index in [0.29, 0.717) is 23.9 Å². The van der Waals surface area contributed by atoms with Crippen molar-refractivity contribution in [3.8, 4) is 0 Å². The number of nitrogens with two attached hydrogens (primary N) is 1. The van der Waals surface area contributed by atoms with E-state index in [1.165, 1.54) is 25.3 Å². The molecule has 3 nitrogen and oxygen atoms in total. The molecule has 2 atom stereocenters. The maximum absolute atomic E-state index is 13.3. The molecule has 2 fully saturated rings. The van der Waals surface area contributed by atoms with Crippen molar-refractivity contribution in [2.45, 2.75) is 51.6 Å². The summed E-state index contributed by atoms with van der Waals surface area (Å²) in [6.07, 6.45) is 5.43. The van der Waals surface area contributed by atoms with Crippen molar-refractivity contribution in [2.75, 3.05) is 0 Å². The summed E-state index contributed by atoms with van der Waals surface area (Å²) in [4.78, 5) is 12.4. The minimum atomic E-state index is -0.204. The predicted molar refractivity (Wildman–Crippen MR) is 84.5 cm³/mol. The van der Waals surface area contributed by atoms with Gasteiger partial charge in [-0.25, -0.2) is 4.39 Å². The lowest BCUT2D eigenvalue weighted by atomic mass is 9.65. The second-order valence-electron chi connectivity index (χ2n) is 7.00. The number of hydrogen-bond donors (Lipinski definition) is 2. The van der Waals surface area contributed by atoms with E-state index < -0.39 is 0 Å². The Bertz CT molecular complexity index is 546. The smallest absolute Gasteiger partial charge is 0.223 e. The van der Waals surface area contributed by atoms with Crippen molar-refractivity contribution in [1.29, 1.82) is 0 Å². The fraction of sp³-hybridized carbons (Fsp3) is 0.611. The van der Waals surface area contributed by atoms with E-state index >= 15 is 0 Å². The maximum Gasteiger partial charge on any atom is 0.223 e. The average molecular weight is 304 g/mol. The summed E-state index contributed by atoms with van der Waals surface area (Å²) in [5, 5.41) is 3.02. The molecular weight excluding hydrogens is 279 g/mol. The van der Waals surface area contributed by atoms with Gasteiger partial charge in [0.15, 0.2) is 0 Å². The molecule has 0 heterocycles. The van der Waals surface area contributed by atoms with Gasteiger partial charge in [-0.05, 0) is 61.6 Å². The largest absolute Gasteiger partial charge is 0.352 e. The molecule has 0 aromatic heterocycles. The van der Waals surface area contributed by atoms with Gasteiger partial charge in [-0.15, -0.1) is 0 Å². The normalized spacial score (nSPS) is 30.9. The third-order valence-electron chi connectivity index (χ3n) is 5.47. The van der Waals surface area contributed by atoms with Crippen LogP contribution in [0, 0.1) is 30.5 Å². The SMILES string of the molecule is Cc1cc(CNC(=O)C2CC3CCCC(C2)C3N)ccc1F. The summed E-state index contributed by atoms with van der Waals surface area (Å²) in [7, 11) is 0. The molecule has 0 radical (unpaired) electrons. The third kappa shape index (κ3) is 3.17. The van der Waals surface area contributed by atoms with E-state index in [1.807, 2.05) is 0 Å². The van der Waals surface area contributed by atoms with Gasteiger partial charge in [0.05, 0.1) is 0 Å². The number of halogens is 1. The minimum Gasteiger partial charge on any atom is -0.352 e. The van der Waals surface area contributed by atoms with E-state index in [4.69, 9.17) is 5.73 Å². The van der Waals surface area contributed by atoms with Crippen molar-refractivity contribution >= 4 is 5.91 Å². The number of benzene rings is 1. The highest BCUT2D eigenvalue weighted by molar-refractivity contribution is 5.78. The summed E-state index contributed by atoms with van der Waals surface area (Å²) in [5.74, 6) is 1.04. The zero-order chi connectivity index (χ0) is 15.7. The number of hydrogen-bond acceptors (Lipinski definition) is 2. The lowest BCUT2D eigenvalue weighted by Crippen LogP contribution is -2.49. The monoisotopic (exact) mass is 304 g/mol. The molecule has 2 aliphatic rings. The molecule has 0 aliphatic heterocycles. The zero-order valence-electron chi connectivity index (χ0n) is 13.1. The van der Waals surface area contributed by atoms with Crippen LogP contribution in [-0.4, -0.2) is 11.9 Å². The molecule has 1 aromatic rings. The molecule has 2 aliphatic carbocycles. The van der Waals surface area contributed by atoms with Crippen LogP contribution in [0.3, 0.4) is 0 Å². The van der Waals surface area contributed by atoms with Gasteiger partial charge in [0.2, 0.25) is 5.91 Å². The molecule has 4 heteroatoms. The number of rotatable bonds is 3. The van der Waals surface area contributed by atoms with Crippen molar-refractivity contribution in [3.05, 3.63) is 35.1 Å². The zero-order valence-corrected chi connectivity index (χ0v) is 13.1. The number of carbonyl (C=O) groups is 1. The van der Waals surface area contributed by atoms with Gasteiger partial charge in [0, 0.05) is 18.5 Å². The summed E-state index contributed by atoms with van der Waals surface area (Å²) in [5.41, 5.74) is 7.84. The Labute approximate surface area is 131 Å². The third-order valence-corrected chi connectivity index (χ3v) is 5.47. The molecule has 3 N–H and O–H groups in total. The molecule has 0 saturated heterocycles. The molecular formula is C18H25FN2O. The van der Waals surface area contributed by atoms with Crippen molar-refractivity contribution in [2.24, 2.45) is 23.5 Å².